The SMILES string of the molecule is CN1C(=O)CC(C(=O)Nc2ccc(C(=O)[O-])cc2)SC1=Nc1cc(Cl)ccc1Cl. The van der Waals surface area contributed by atoms with Gasteiger partial charge in [0.25, 0.3) is 0 Å². The molecule has 0 saturated carbocycles. The fraction of sp³-hybridized carbons (Fsp3) is 0.158. The summed E-state index contributed by atoms with van der Waals surface area (Å²) < 4.78 is 0. The summed E-state index contributed by atoms with van der Waals surface area (Å²) in [6, 6.07) is 10.3. The highest BCUT2D eigenvalue weighted by molar-refractivity contribution is 8.15. The van der Waals surface area contributed by atoms with Crippen molar-refractivity contribution in [2.75, 3.05) is 12.4 Å². The second-order valence-electron chi connectivity index (χ2n) is 6.11. The molecule has 0 radical (unpaired) electrons. The Morgan fingerprint density at radius 1 is 1.21 bits per heavy atom. The molecule has 1 atom stereocenters. The Labute approximate surface area is 180 Å². The number of thioether (sulfide) groups is 1. The predicted molar refractivity (Wildman–Crippen MR) is 112 cm³/mol. The molecule has 7 nitrogen and oxygen atoms in total. The molecule has 0 aromatic heterocycles. The van der Waals surface area contributed by atoms with E-state index in [0.717, 1.165) is 11.8 Å². The number of aliphatic imine (C=N–C) groups is 1. The number of nitrogens with one attached hydrogen (secondary N) is 1. The summed E-state index contributed by atoms with van der Waals surface area (Å²) in [5, 5.41) is 13.9. The summed E-state index contributed by atoms with van der Waals surface area (Å²) in [6.07, 6.45) is -0.00751. The predicted octanol–water partition coefficient (Wildman–Crippen LogP) is 2.95. The first-order valence-electron chi connectivity index (χ1n) is 8.34. The van der Waals surface area contributed by atoms with Crippen molar-refractivity contribution in [3.63, 3.8) is 0 Å². The van der Waals surface area contributed by atoms with E-state index in [0.29, 0.717) is 26.6 Å². The maximum Gasteiger partial charge on any atom is 0.238 e. The zero-order chi connectivity index (χ0) is 21.1. The number of carbonyl (C=O) groups is 3. The molecule has 29 heavy (non-hydrogen) atoms. The summed E-state index contributed by atoms with van der Waals surface area (Å²) in [6.45, 7) is 0. The van der Waals surface area contributed by atoms with E-state index in [1.165, 1.54) is 29.2 Å². The molecule has 2 aromatic carbocycles. The molecule has 1 aliphatic heterocycles. The molecule has 1 aliphatic rings. The number of carboxylic acid groups (broad SMARTS) is 1. The van der Waals surface area contributed by atoms with E-state index in [1.807, 2.05) is 0 Å². The van der Waals surface area contributed by atoms with Crippen molar-refractivity contribution in [2.45, 2.75) is 11.7 Å². The number of rotatable bonds is 4. The van der Waals surface area contributed by atoms with E-state index >= 15 is 0 Å². The Hall–Kier alpha value is -2.55. The highest BCUT2D eigenvalue weighted by atomic mass is 35.5. The Balaban J connectivity index is 1.78. The van der Waals surface area contributed by atoms with Gasteiger partial charge in [-0.15, -0.1) is 0 Å². The summed E-state index contributed by atoms with van der Waals surface area (Å²) >= 11 is 13.2. The fourth-order valence-corrected chi connectivity index (χ4v) is 3.87. The highest BCUT2D eigenvalue weighted by Crippen LogP contribution is 2.33. The summed E-state index contributed by atoms with van der Waals surface area (Å²) in [4.78, 5) is 41.5. The van der Waals surface area contributed by atoms with Gasteiger partial charge >= 0.3 is 0 Å². The van der Waals surface area contributed by atoms with Gasteiger partial charge in [0.2, 0.25) is 11.8 Å². The maximum absolute atomic E-state index is 12.6. The first-order valence-corrected chi connectivity index (χ1v) is 9.97. The number of amidine groups is 1. The number of hydrogen-bond acceptors (Lipinski definition) is 6. The third-order valence-electron chi connectivity index (χ3n) is 4.07. The second-order valence-corrected chi connectivity index (χ2v) is 8.12. The van der Waals surface area contributed by atoms with Crippen LogP contribution in [0.4, 0.5) is 11.4 Å². The molecule has 0 spiro atoms. The molecule has 1 fully saturated rings. The topological polar surface area (TPSA) is 102 Å². The fourth-order valence-electron chi connectivity index (χ4n) is 2.48. The Kier molecular flexibility index (Phi) is 6.46. The van der Waals surface area contributed by atoms with Crippen LogP contribution in [-0.4, -0.2) is 40.1 Å². The van der Waals surface area contributed by atoms with E-state index in [4.69, 9.17) is 23.2 Å². The van der Waals surface area contributed by atoms with Crippen LogP contribution in [0.1, 0.15) is 16.8 Å². The summed E-state index contributed by atoms with van der Waals surface area (Å²) in [5.74, 6) is -1.98. The molecule has 1 heterocycles. The first-order chi connectivity index (χ1) is 13.7. The van der Waals surface area contributed by atoms with Crippen molar-refractivity contribution in [2.24, 2.45) is 4.99 Å². The molecule has 2 amide bonds. The summed E-state index contributed by atoms with van der Waals surface area (Å²) in [7, 11) is 1.57. The smallest absolute Gasteiger partial charge is 0.238 e. The average molecular weight is 451 g/mol. The van der Waals surface area contributed by atoms with Crippen LogP contribution in [0.15, 0.2) is 47.5 Å². The lowest BCUT2D eigenvalue weighted by atomic mass is 10.2. The molecule has 0 aliphatic carbocycles. The molecule has 0 bridgehead atoms. The van der Waals surface area contributed by atoms with Gasteiger partial charge in [-0.2, -0.15) is 0 Å². The van der Waals surface area contributed by atoms with E-state index in [-0.39, 0.29) is 17.9 Å². The second kappa shape index (κ2) is 8.86. The lowest BCUT2D eigenvalue weighted by Crippen LogP contribution is -2.43. The Bertz CT molecular complexity index is 1010. The van der Waals surface area contributed by atoms with Gasteiger partial charge in [0.15, 0.2) is 5.17 Å². The number of carboxylic acids is 1. The van der Waals surface area contributed by atoms with E-state index in [9.17, 15) is 19.5 Å². The normalized spacial score (nSPS) is 18.0. The van der Waals surface area contributed by atoms with Gasteiger partial charge in [0.1, 0.15) is 5.25 Å². The molecular formula is C19H14Cl2N3O4S-. The van der Waals surface area contributed by atoms with Crippen LogP contribution in [0.3, 0.4) is 0 Å². The van der Waals surface area contributed by atoms with Gasteiger partial charge in [0, 0.05) is 24.2 Å². The van der Waals surface area contributed by atoms with Gasteiger partial charge in [0.05, 0.1) is 16.7 Å². The monoisotopic (exact) mass is 450 g/mol. The first kappa shape index (κ1) is 21.2. The van der Waals surface area contributed by atoms with Gasteiger partial charge in [-0.3, -0.25) is 14.5 Å². The number of carbonyl (C=O) groups excluding carboxylic acids is 3. The lowest BCUT2D eigenvalue weighted by Gasteiger charge is -2.29. The molecule has 1 saturated heterocycles. The molecule has 1 unspecified atom stereocenters. The van der Waals surface area contributed by atoms with Crippen LogP contribution in [-0.2, 0) is 9.59 Å². The Morgan fingerprint density at radius 3 is 2.55 bits per heavy atom. The van der Waals surface area contributed by atoms with Crippen LogP contribution in [0, 0.1) is 0 Å². The molecule has 150 valence electrons. The number of anilines is 1. The highest BCUT2D eigenvalue weighted by Gasteiger charge is 2.34. The minimum atomic E-state index is -1.31. The van der Waals surface area contributed by atoms with Crippen molar-refractivity contribution in [1.29, 1.82) is 0 Å². The van der Waals surface area contributed by atoms with Gasteiger partial charge in [-0.1, -0.05) is 47.1 Å². The molecule has 3 rings (SSSR count). The molecule has 10 heteroatoms. The van der Waals surface area contributed by atoms with Crippen molar-refractivity contribution in [3.05, 3.63) is 58.1 Å². The number of amides is 2. The maximum atomic E-state index is 12.6. The third kappa shape index (κ3) is 5.09. The number of nitrogens with zero attached hydrogens (tertiary/aromatic N) is 2. The number of benzene rings is 2. The van der Waals surface area contributed by atoms with E-state index < -0.39 is 17.1 Å². The minimum Gasteiger partial charge on any atom is -0.545 e. The van der Waals surface area contributed by atoms with E-state index in [1.54, 1.807) is 25.2 Å². The minimum absolute atomic E-state index is 0.000312. The van der Waals surface area contributed by atoms with Gasteiger partial charge < -0.3 is 15.2 Å². The molecular weight excluding hydrogens is 437 g/mol. The zero-order valence-electron chi connectivity index (χ0n) is 15.0. The van der Waals surface area contributed by atoms with Crippen molar-refractivity contribution >= 4 is 69.3 Å². The van der Waals surface area contributed by atoms with Crippen LogP contribution in [0.5, 0.6) is 0 Å². The number of hydrogen-bond donors (Lipinski definition) is 1. The van der Waals surface area contributed by atoms with Crippen LogP contribution in [0.2, 0.25) is 10.0 Å². The Morgan fingerprint density at radius 2 is 1.90 bits per heavy atom. The van der Waals surface area contributed by atoms with Crippen molar-refractivity contribution in [1.82, 2.24) is 4.90 Å². The average Bonchev–Trinajstić information content (AvgIpc) is 2.68. The quantitative estimate of drug-likeness (QED) is 0.770. The number of aromatic carboxylic acids is 1. The lowest BCUT2D eigenvalue weighted by molar-refractivity contribution is -0.255. The van der Waals surface area contributed by atoms with E-state index in [2.05, 4.69) is 10.3 Å². The standard InChI is InChI=1S/C19H15Cl2N3O4S/c1-24-16(25)9-15(17(26)22-12-5-2-10(3-6-12)18(27)28)29-19(24)23-14-8-11(20)4-7-13(14)21/h2-8,15H,9H2,1H3,(H,22,26)(H,27,28)/p-1. The zero-order valence-corrected chi connectivity index (χ0v) is 17.3. The molecule has 1 N–H and O–H groups in total. The van der Waals surface area contributed by atoms with Crippen LogP contribution >= 0.6 is 35.0 Å². The van der Waals surface area contributed by atoms with Crippen molar-refractivity contribution in [3.8, 4) is 0 Å². The third-order valence-corrected chi connectivity index (χ3v) is 5.87. The van der Waals surface area contributed by atoms with Crippen LogP contribution < -0.4 is 10.4 Å². The van der Waals surface area contributed by atoms with Gasteiger partial charge in [-0.05, 0) is 35.9 Å². The largest absolute Gasteiger partial charge is 0.545 e. The number of halogens is 2. The molecule has 2 aromatic rings. The summed E-state index contributed by atoms with van der Waals surface area (Å²) in [5.41, 5.74) is 0.795. The van der Waals surface area contributed by atoms with Crippen LogP contribution in [0.25, 0.3) is 0 Å². The van der Waals surface area contributed by atoms with Crippen molar-refractivity contribution < 1.29 is 19.5 Å². The van der Waals surface area contributed by atoms with Gasteiger partial charge in [-0.25, -0.2) is 4.99 Å².